The number of nitrogens with zero attached hydrogens (tertiary/aromatic N) is 4. The number of carbonyl (C=O) groups is 1. The lowest BCUT2D eigenvalue weighted by Gasteiger charge is -2.37. The highest BCUT2D eigenvalue weighted by Gasteiger charge is 2.28. The summed E-state index contributed by atoms with van der Waals surface area (Å²) < 4.78 is 1.67. The molecule has 1 fully saturated rings. The summed E-state index contributed by atoms with van der Waals surface area (Å²) in [5.41, 5.74) is 6.86. The zero-order chi connectivity index (χ0) is 15.4. The van der Waals surface area contributed by atoms with Gasteiger partial charge < -0.3 is 15.5 Å². The molecule has 0 spiro atoms. The first-order chi connectivity index (χ1) is 10.0. The molecule has 0 bridgehead atoms. The molecule has 0 aromatic carbocycles. The summed E-state index contributed by atoms with van der Waals surface area (Å²) in [6.45, 7) is 5.49. The zero-order valence-electron chi connectivity index (χ0n) is 13.3. The van der Waals surface area contributed by atoms with Gasteiger partial charge in [-0.25, -0.2) is 0 Å². The molecule has 118 valence electrons. The summed E-state index contributed by atoms with van der Waals surface area (Å²) in [6.07, 6.45) is 6.72. The maximum absolute atomic E-state index is 12.5. The SMILES string of the molecule is CCCN1CCC(N(C)C(=O)C(N)c2cnn(C)c2)CC1. The molecule has 1 saturated heterocycles. The molecule has 6 nitrogen and oxygen atoms in total. The van der Waals surface area contributed by atoms with Gasteiger partial charge >= 0.3 is 0 Å². The van der Waals surface area contributed by atoms with Gasteiger partial charge in [-0.2, -0.15) is 5.10 Å². The molecule has 6 heteroatoms. The lowest BCUT2D eigenvalue weighted by Crippen LogP contribution is -2.48. The van der Waals surface area contributed by atoms with Crippen LogP contribution in [0, 0.1) is 0 Å². The minimum Gasteiger partial charge on any atom is -0.341 e. The van der Waals surface area contributed by atoms with Gasteiger partial charge in [-0.05, 0) is 25.8 Å². The number of likely N-dealkylation sites (tertiary alicyclic amines) is 1. The van der Waals surface area contributed by atoms with E-state index in [2.05, 4.69) is 16.9 Å². The lowest BCUT2D eigenvalue weighted by atomic mass is 10.0. The third-order valence-corrected chi connectivity index (χ3v) is 4.34. The van der Waals surface area contributed by atoms with Gasteiger partial charge in [0.25, 0.3) is 0 Å². The summed E-state index contributed by atoms with van der Waals surface area (Å²) in [5, 5.41) is 4.08. The fourth-order valence-electron chi connectivity index (χ4n) is 2.99. The first-order valence-corrected chi connectivity index (χ1v) is 7.76. The second kappa shape index (κ2) is 7.04. The molecule has 0 aliphatic carbocycles. The van der Waals surface area contributed by atoms with Crippen LogP contribution >= 0.6 is 0 Å². The predicted octanol–water partition coefficient (Wildman–Crippen LogP) is 0.753. The van der Waals surface area contributed by atoms with E-state index in [0.717, 1.165) is 38.0 Å². The van der Waals surface area contributed by atoms with Crippen LogP contribution in [0.2, 0.25) is 0 Å². The van der Waals surface area contributed by atoms with Crippen LogP contribution in [-0.4, -0.2) is 58.2 Å². The van der Waals surface area contributed by atoms with Crippen molar-refractivity contribution in [2.45, 2.75) is 38.3 Å². The van der Waals surface area contributed by atoms with Crippen molar-refractivity contribution in [3.05, 3.63) is 18.0 Å². The van der Waals surface area contributed by atoms with Crippen LogP contribution in [0.1, 0.15) is 37.8 Å². The Morgan fingerprint density at radius 2 is 2.19 bits per heavy atom. The smallest absolute Gasteiger partial charge is 0.244 e. The third-order valence-electron chi connectivity index (χ3n) is 4.34. The number of hydrogen-bond acceptors (Lipinski definition) is 4. The topological polar surface area (TPSA) is 67.4 Å². The Bertz CT molecular complexity index is 464. The molecule has 0 radical (unpaired) electrons. The van der Waals surface area contributed by atoms with Crippen LogP contribution in [-0.2, 0) is 11.8 Å². The maximum Gasteiger partial charge on any atom is 0.244 e. The number of nitrogens with two attached hydrogens (primary N) is 1. The predicted molar refractivity (Wildman–Crippen MR) is 82.7 cm³/mol. The normalized spacial score (nSPS) is 18.7. The fraction of sp³-hybridized carbons (Fsp3) is 0.733. The Balaban J connectivity index is 1.91. The summed E-state index contributed by atoms with van der Waals surface area (Å²) >= 11 is 0. The van der Waals surface area contributed by atoms with Crippen LogP contribution in [0.5, 0.6) is 0 Å². The second-order valence-electron chi connectivity index (χ2n) is 5.95. The number of piperidine rings is 1. The number of hydrogen-bond donors (Lipinski definition) is 1. The highest BCUT2D eigenvalue weighted by atomic mass is 16.2. The van der Waals surface area contributed by atoms with E-state index in [9.17, 15) is 4.79 Å². The van der Waals surface area contributed by atoms with Gasteiger partial charge in [0.1, 0.15) is 6.04 Å². The average Bonchev–Trinajstić information content (AvgIpc) is 2.92. The van der Waals surface area contributed by atoms with E-state index in [1.165, 1.54) is 6.42 Å². The molecule has 2 rings (SSSR count). The number of aromatic nitrogens is 2. The molecule has 2 N–H and O–H groups in total. The summed E-state index contributed by atoms with van der Waals surface area (Å²) in [4.78, 5) is 16.8. The van der Waals surface area contributed by atoms with E-state index in [1.54, 1.807) is 17.1 Å². The van der Waals surface area contributed by atoms with E-state index >= 15 is 0 Å². The lowest BCUT2D eigenvalue weighted by molar-refractivity contribution is -0.134. The van der Waals surface area contributed by atoms with E-state index in [1.807, 2.05) is 19.0 Å². The molecule has 1 aliphatic rings. The van der Waals surface area contributed by atoms with E-state index in [0.29, 0.717) is 6.04 Å². The first-order valence-electron chi connectivity index (χ1n) is 7.76. The largest absolute Gasteiger partial charge is 0.341 e. The van der Waals surface area contributed by atoms with Crippen molar-refractivity contribution in [2.24, 2.45) is 12.8 Å². The van der Waals surface area contributed by atoms with Gasteiger partial charge in [0.15, 0.2) is 0 Å². The number of carbonyl (C=O) groups excluding carboxylic acids is 1. The second-order valence-corrected chi connectivity index (χ2v) is 5.95. The molecular weight excluding hydrogens is 266 g/mol. The first kappa shape index (κ1) is 16.0. The Morgan fingerprint density at radius 1 is 1.52 bits per heavy atom. The minimum atomic E-state index is -0.614. The van der Waals surface area contributed by atoms with Gasteiger partial charge in [-0.1, -0.05) is 6.92 Å². The quantitative estimate of drug-likeness (QED) is 0.870. The van der Waals surface area contributed by atoms with Crippen LogP contribution in [0.15, 0.2) is 12.4 Å². The average molecular weight is 293 g/mol. The Morgan fingerprint density at radius 3 is 2.71 bits per heavy atom. The highest BCUT2D eigenvalue weighted by Crippen LogP contribution is 2.19. The van der Waals surface area contributed by atoms with Gasteiger partial charge in [-0.3, -0.25) is 9.48 Å². The monoisotopic (exact) mass is 293 g/mol. The van der Waals surface area contributed by atoms with Crippen molar-refractivity contribution < 1.29 is 4.79 Å². The van der Waals surface area contributed by atoms with Crippen LogP contribution < -0.4 is 5.73 Å². The van der Waals surface area contributed by atoms with Gasteiger partial charge in [0.05, 0.1) is 6.20 Å². The summed E-state index contributed by atoms with van der Waals surface area (Å²) in [6, 6.07) is -0.314. The highest BCUT2D eigenvalue weighted by molar-refractivity contribution is 5.83. The van der Waals surface area contributed by atoms with Crippen LogP contribution in [0.3, 0.4) is 0 Å². The minimum absolute atomic E-state index is 0.0167. The van der Waals surface area contributed by atoms with Crippen molar-refractivity contribution in [1.82, 2.24) is 19.6 Å². The van der Waals surface area contributed by atoms with Crippen LogP contribution in [0.25, 0.3) is 0 Å². The number of amides is 1. The van der Waals surface area contributed by atoms with E-state index in [-0.39, 0.29) is 5.91 Å². The Labute approximate surface area is 126 Å². The molecule has 1 amide bonds. The maximum atomic E-state index is 12.5. The van der Waals surface area contributed by atoms with Crippen molar-refractivity contribution in [3.8, 4) is 0 Å². The summed E-state index contributed by atoms with van der Waals surface area (Å²) in [5.74, 6) is -0.0167. The fourth-order valence-corrected chi connectivity index (χ4v) is 2.99. The van der Waals surface area contributed by atoms with Crippen molar-refractivity contribution in [1.29, 1.82) is 0 Å². The van der Waals surface area contributed by atoms with Crippen LogP contribution in [0.4, 0.5) is 0 Å². The molecular formula is C15H27N5O. The van der Waals surface area contributed by atoms with Crippen molar-refractivity contribution in [3.63, 3.8) is 0 Å². The number of rotatable bonds is 5. The molecule has 1 aromatic rings. The Kier molecular flexibility index (Phi) is 5.36. The molecule has 0 saturated carbocycles. The van der Waals surface area contributed by atoms with E-state index < -0.39 is 6.04 Å². The number of aryl methyl sites for hydroxylation is 1. The van der Waals surface area contributed by atoms with Crippen molar-refractivity contribution in [2.75, 3.05) is 26.7 Å². The van der Waals surface area contributed by atoms with Gasteiger partial charge in [-0.15, -0.1) is 0 Å². The molecule has 21 heavy (non-hydrogen) atoms. The van der Waals surface area contributed by atoms with E-state index in [4.69, 9.17) is 5.73 Å². The van der Waals surface area contributed by atoms with Gasteiger partial charge in [0, 0.05) is 45.0 Å². The van der Waals surface area contributed by atoms with Crippen molar-refractivity contribution >= 4 is 5.91 Å². The molecule has 1 unspecified atom stereocenters. The molecule has 1 aromatic heterocycles. The number of likely N-dealkylation sites (N-methyl/N-ethyl adjacent to an activating group) is 1. The molecule has 1 aliphatic heterocycles. The zero-order valence-corrected chi connectivity index (χ0v) is 13.3. The summed E-state index contributed by atoms with van der Waals surface area (Å²) in [7, 11) is 3.70. The molecule has 1 atom stereocenters. The molecule has 2 heterocycles. The third kappa shape index (κ3) is 3.83. The Hall–Kier alpha value is -1.40. The standard InChI is InChI=1S/C15H27N5O/c1-4-7-20-8-5-13(6-9-20)19(3)15(21)14(16)12-10-17-18(2)11-12/h10-11,13-14H,4-9,16H2,1-3H3. The van der Waals surface area contributed by atoms with Gasteiger partial charge in [0.2, 0.25) is 5.91 Å².